The molecule has 1 aliphatic heterocycles. The van der Waals surface area contributed by atoms with Crippen LogP contribution in [0.25, 0.3) is 10.6 Å². The van der Waals surface area contributed by atoms with Gasteiger partial charge in [-0.05, 0) is 0 Å². The van der Waals surface area contributed by atoms with E-state index in [2.05, 4.69) is 10.6 Å². The molecule has 2 amide bonds. The Kier molecular flexibility index (Phi) is 12.3. The summed E-state index contributed by atoms with van der Waals surface area (Å²) in [7, 11) is 0. The van der Waals surface area contributed by atoms with Crippen LogP contribution >= 0.6 is 0 Å². The van der Waals surface area contributed by atoms with Gasteiger partial charge in [-0.1, -0.05) is 54.5 Å². The first-order chi connectivity index (χ1) is 9.41. The van der Waals surface area contributed by atoms with Gasteiger partial charge in [-0.2, -0.15) is 0 Å². The fourth-order valence-corrected chi connectivity index (χ4v) is 2.22. The van der Waals surface area contributed by atoms with E-state index in [1.54, 1.807) is 0 Å². The summed E-state index contributed by atoms with van der Waals surface area (Å²) in [5.41, 5.74) is -0.650. The molecule has 24 heavy (non-hydrogen) atoms. The van der Waals surface area contributed by atoms with Gasteiger partial charge in [0.05, 0.1) is 6.54 Å². The molecule has 0 radical (unpaired) electrons. The van der Waals surface area contributed by atoms with Crippen LogP contribution in [0.3, 0.4) is 0 Å². The number of carbonyl (C=O) groups excluding carboxylic acids is 2. The molecule has 1 heterocycles. The third-order valence-corrected chi connectivity index (χ3v) is 2.85. The van der Waals surface area contributed by atoms with Crippen LogP contribution in [0.15, 0.2) is 0 Å². The SMILES string of the molecule is C[C@H]([N-]C(C)(C)C)[C@@H]([N-]C(C)(C)C)C(=O)N1CCOC1=O.[OH-].[OH-].[Os+4]. The van der Waals surface area contributed by atoms with Crippen LogP contribution in [0.4, 0.5) is 4.79 Å². The molecule has 0 spiro atoms. The maximum atomic E-state index is 12.6. The molecular weight excluding hydrogens is 492 g/mol. The summed E-state index contributed by atoms with van der Waals surface area (Å²) >= 11 is 0. The number of carbonyl (C=O) groups is 2. The van der Waals surface area contributed by atoms with Crippen LogP contribution in [-0.2, 0) is 29.3 Å². The first kappa shape index (κ1) is 28.2. The summed E-state index contributed by atoms with van der Waals surface area (Å²) < 4.78 is 4.84. The smallest absolute Gasteiger partial charge is 0.870 e. The number of hydrogen-bond acceptors (Lipinski definition) is 5. The van der Waals surface area contributed by atoms with E-state index in [0.717, 1.165) is 4.90 Å². The minimum atomic E-state index is -0.671. The summed E-state index contributed by atoms with van der Waals surface area (Å²) in [4.78, 5) is 25.4. The maximum Gasteiger partial charge on any atom is 4.00 e. The molecule has 0 bridgehead atoms. The fraction of sp³-hybridized carbons (Fsp3) is 0.867. The van der Waals surface area contributed by atoms with E-state index in [4.69, 9.17) is 4.74 Å². The predicted molar refractivity (Wildman–Crippen MR) is 86.4 cm³/mol. The standard InChI is InChI=1S/C15H27N3O3.2H2O.Os/c1-10(16-14(2,3)4)11(17-15(5,6)7)12(19)18-8-9-21-13(18)20;;;/h10-11H,8-9H2,1-7H3;2*1H2;/q-2;;;+4/p-2/t10-,11+;;;/m0.../s1. The topological polar surface area (TPSA) is 135 Å². The molecule has 0 aromatic rings. The van der Waals surface area contributed by atoms with Gasteiger partial charge < -0.3 is 26.3 Å². The maximum absolute atomic E-state index is 12.6. The van der Waals surface area contributed by atoms with E-state index in [1.165, 1.54) is 0 Å². The van der Waals surface area contributed by atoms with Crippen LogP contribution in [0.2, 0.25) is 0 Å². The number of amides is 2. The Bertz CT molecular complexity index is 407. The molecule has 2 atom stereocenters. The molecule has 0 aliphatic carbocycles. The van der Waals surface area contributed by atoms with Crippen molar-refractivity contribution in [3.63, 3.8) is 0 Å². The van der Waals surface area contributed by atoms with Crippen molar-refractivity contribution in [2.75, 3.05) is 13.2 Å². The van der Waals surface area contributed by atoms with E-state index in [-0.39, 0.29) is 66.9 Å². The number of rotatable bonds is 4. The first-order valence-electron chi connectivity index (χ1n) is 7.33. The van der Waals surface area contributed by atoms with Crippen molar-refractivity contribution in [2.24, 2.45) is 0 Å². The van der Waals surface area contributed by atoms with Gasteiger partial charge >= 0.3 is 25.9 Å². The van der Waals surface area contributed by atoms with Crippen molar-refractivity contribution in [3.8, 4) is 0 Å². The quantitative estimate of drug-likeness (QED) is 0.561. The number of hydrogen-bond donors (Lipinski definition) is 0. The van der Waals surface area contributed by atoms with Gasteiger partial charge in [0.2, 0.25) is 5.91 Å². The summed E-state index contributed by atoms with van der Waals surface area (Å²) in [6.07, 6.45) is -0.586. The summed E-state index contributed by atoms with van der Waals surface area (Å²) in [6.45, 7) is 14.1. The molecule has 0 aromatic heterocycles. The van der Waals surface area contributed by atoms with E-state index >= 15 is 0 Å². The summed E-state index contributed by atoms with van der Waals surface area (Å²) in [6, 6.07) is -0.972. The van der Waals surface area contributed by atoms with Crippen LogP contribution in [0.1, 0.15) is 48.5 Å². The second-order valence-electron chi connectivity index (χ2n) is 7.39. The number of ether oxygens (including phenoxy) is 1. The molecule has 0 aromatic carbocycles. The van der Waals surface area contributed by atoms with Crippen LogP contribution in [0.5, 0.6) is 0 Å². The number of cyclic esters (lactones) is 1. The van der Waals surface area contributed by atoms with Crippen LogP contribution in [0, 0.1) is 0 Å². The van der Waals surface area contributed by atoms with Crippen LogP contribution in [-0.4, -0.2) is 64.2 Å². The largest absolute Gasteiger partial charge is 4.00 e. The van der Waals surface area contributed by atoms with Gasteiger partial charge in [0.25, 0.3) is 0 Å². The Hall–Kier alpha value is -0.584. The zero-order chi connectivity index (χ0) is 16.4. The Labute approximate surface area is 157 Å². The van der Waals surface area contributed by atoms with Gasteiger partial charge in [-0.15, -0.1) is 17.1 Å². The Morgan fingerprint density at radius 1 is 1.08 bits per heavy atom. The van der Waals surface area contributed by atoms with Gasteiger partial charge in [0.15, 0.2) is 0 Å². The normalized spacial score (nSPS) is 17.0. The number of nitrogens with zero attached hydrogens (tertiary/aromatic N) is 3. The van der Waals surface area contributed by atoms with Gasteiger partial charge in [0, 0.05) is 0 Å². The Morgan fingerprint density at radius 2 is 1.54 bits per heavy atom. The van der Waals surface area contributed by atoms with Gasteiger partial charge in [-0.3, -0.25) is 4.79 Å². The van der Waals surface area contributed by atoms with Crippen molar-refractivity contribution in [1.82, 2.24) is 4.90 Å². The molecule has 142 valence electrons. The molecular formula is C15H29N3O5Os. The third-order valence-electron chi connectivity index (χ3n) is 2.85. The minimum Gasteiger partial charge on any atom is -0.870 e. The van der Waals surface area contributed by atoms with E-state index in [1.807, 2.05) is 48.5 Å². The molecule has 2 N–H and O–H groups in total. The van der Waals surface area contributed by atoms with Crippen molar-refractivity contribution >= 4 is 12.0 Å². The minimum absolute atomic E-state index is 0. The van der Waals surface area contributed by atoms with Crippen molar-refractivity contribution in [1.29, 1.82) is 0 Å². The summed E-state index contributed by atoms with van der Waals surface area (Å²) in [5.74, 6) is -0.326. The third kappa shape index (κ3) is 9.04. The Morgan fingerprint density at radius 3 is 1.88 bits per heavy atom. The number of imide groups is 1. The fourth-order valence-electron chi connectivity index (χ4n) is 2.22. The average molecular weight is 522 g/mol. The predicted octanol–water partition coefficient (Wildman–Crippen LogP) is 2.71. The van der Waals surface area contributed by atoms with Gasteiger partial charge in [0.1, 0.15) is 6.61 Å². The molecule has 1 rings (SSSR count). The van der Waals surface area contributed by atoms with E-state index in [9.17, 15) is 9.59 Å². The summed E-state index contributed by atoms with van der Waals surface area (Å²) in [5, 5.41) is 9.20. The molecule has 0 unspecified atom stereocenters. The molecule has 1 aliphatic rings. The van der Waals surface area contributed by atoms with Gasteiger partial charge in [-0.25, -0.2) is 9.69 Å². The molecule has 1 fully saturated rings. The Balaban J connectivity index is -0.00000147. The van der Waals surface area contributed by atoms with Crippen molar-refractivity contribution in [2.45, 2.75) is 71.6 Å². The zero-order valence-electron chi connectivity index (χ0n) is 15.4. The molecule has 1 saturated heterocycles. The molecule has 0 saturated carbocycles. The van der Waals surface area contributed by atoms with Crippen molar-refractivity contribution < 1.29 is 45.1 Å². The first-order valence-corrected chi connectivity index (χ1v) is 7.33. The van der Waals surface area contributed by atoms with Crippen molar-refractivity contribution in [3.05, 3.63) is 10.6 Å². The zero-order valence-corrected chi connectivity index (χ0v) is 17.9. The second kappa shape index (κ2) is 10.4. The van der Waals surface area contributed by atoms with E-state index in [0.29, 0.717) is 0 Å². The molecule has 9 heteroatoms. The average Bonchev–Trinajstić information content (AvgIpc) is 2.67. The monoisotopic (exact) mass is 523 g/mol. The second-order valence-corrected chi connectivity index (χ2v) is 7.39. The molecule has 8 nitrogen and oxygen atoms in total. The van der Waals surface area contributed by atoms with Crippen LogP contribution < -0.4 is 0 Å². The van der Waals surface area contributed by atoms with E-state index < -0.39 is 12.1 Å².